The minimum absolute atomic E-state index is 0.0435. The zero-order valence-corrected chi connectivity index (χ0v) is 12.9. The van der Waals surface area contributed by atoms with Crippen LogP contribution in [0.5, 0.6) is 5.75 Å². The molecule has 7 heteroatoms. The fraction of sp³-hybridized carbons (Fsp3) is 0.462. The molecule has 20 heavy (non-hydrogen) atoms. The van der Waals surface area contributed by atoms with Crippen molar-refractivity contribution in [2.75, 3.05) is 13.7 Å². The molecule has 0 bridgehead atoms. The molecule has 2 rings (SSSR count). The van der Waals surface area contributed by atoms with Crippen LogP contribution in [0.3, 0.4) is 0 Å². The third-order valence-corrected chi connectivity index (χ3v) is 4.43. The number of pyridine rings is 1. The first-order valence-electron chi connectivity index (χ1n) is 6.46. The first kappa shape index (κ1) is 14.8. The average molecular weight is 297 g/mol. The minimum Gasteiger partial charge on any atom is -0.497 e. The Bertz CT molecular complexity index is 720. The molecule has 2 heterocycles. The van der Waals surface area contributed by atoms with E-state index < -0.39 is 10.0 Å². The highest BCUT2D eigenvalue weighted by atomic mass is 32.2. The monoisotopic (exact) mass is 297 g/mol. The summed E-state index contributed by atoms with van der Waals surface area (Å²) in [4.78, 5) is 4.31. The second-order valence-corrected chi connectivity index (χ2v) is 6.44. The smallest absolute Gasteiger partial charge is 0.260 e. The van der Waals surface area contributed by atoms with E-state index in [0.29, 0.717) is 23.6 Å². The van der Waals surface area contributed by atoms with Gasteiger partial charge in [0.2, 0.25) is 0 Å². The number of sulfonamides is 1. The summed E-state index contributed by atoms with van der Waals surface area (Å²) in [5, 5.41) is 0.0435. The molecule has 2 aromatic rings. The quantitative estimate of drug-likeness (QED) is 0.913. The number of hydrogen-bond acceptors (Lipinski definition) is 4. The van der Waals surface area contributed by atoms with E-state index in [1.807, 2.05) is 13.8 Å². The van der Waals surface area contributed by atoms with Crippen LogP contribution in [0.15, 0.2) is 23.4 Å². The molecule has 0 aliphatic heterocycles. The fourth-order valence-electron chi connectivity index (χ4n) is 2.05. The zero-order valence-electron chi connectivity index (χ0n) is 12.0. The van der Waals surface area contributed by atoms with Gasteiger partial charge in [-0.15, -0.1) is 0 Å². The van der Waals surface area contributed by atoms with Crippen LogP contribution in [0.1, 0.15) is 32.5 Å². The summed E-state index contributed by atoms with van der Waals surface area (Å²) >= 11 is 0. The molecule has 6 nitrogen and oxygen atoms in total. The predicted molar refractivity (Wildman–Crippen MR) is 76.7 cm³/mol. The van der Waals surface area contributed by atoms with E-state index in [-0.39, 0.29) is 10.9 Å². The normalized spacial score (nSPS) is 12.2. The van der Waals surface area contributed by atoms with Crippen LogP contribution in [0.25, 0.3) is 5.52 Å². The van der Waals surface area contributed by atoms with Crippen molar-refractivity contribution in [1.29, 1.82) is 0 Å². The van der Waals surface area contributed by atoms with E-state index in [1.54, 1.807) is 36.8 Å². The minimum atomic E-state index is -3.61. The second kappa shape index (κ2) is 5.41. The summed E-state index contributed by atoms with van der Waals surface area (Å²) in [7, 11) is -2.07. The number of hydrogen-bond donors (Lipinski definition) is 1. The molecule has 0 unspecified atom stereocenters. The maximum absolute atomic E-state index is 12.3. The average Bonchev–Trinajstić information content (AvgIpc) is 2.77. The highest BCUT2D eigenvalue weighted by Gasteiger charge is 2.24. The summed E-state index contributed by atoms with van der Waals surface area (Å²) in [6, 6.07) is 3.47. The van der Waals surface area contributed by atoms with Gasteiger partial charge in [-0.3, -0.25) is 0 Å². The maximum Gasteiger partial charge on any atom is 0.260 e. The van der Waals surface area contributed by atoms with Gasteiger partial charge in [-0.2, -0.15) is 0 Å². The van der Waals surface area contributed by atoms with Gasteiger partial charge in [-0.1, -0.05) is 20.8 Å². The number of rotatable bonds is 5. The van der Waals surface area contributed by atoms with Crippen molar-refractivity contribution in [2.45, 2.75) is 31.7 Å². The number of imidazole rings is 1. The van der Waals surface area contributed by atoms with E-state index in [0.717, 1.165) is 0 Å². The molecular weight excluding hydrogens is 278 g/mol. The van der Waals surface area contributed by atoms with Crippen LogP contribution in [0.4, 0.5) is 0 Å². The molecule has 2 aromatic heterocycles. The number of ether oxygens (including phenoxy) is 1. The van der Waals surface area contributed by atoms with E-state index in [9.17, 15) is 8.42 Å². The van der Waals surface area contributed by atoms with Crippen molar-refractivity contribution in [3.8, 4) is 5.75 Å². The first-order valence-corrected chi connectivity index (χ1v) is 7.94. The predicted octanol–water partition coefficient (Wildman–Crippen LogP) is 1.76. The van der Waals surface area contributed by atoms with E-state index in [4.69, 9.17) is 4.74 Å². The lowest BCUT2D eigenvalue weighted by Gasteiger charge is -2.05. The van der Waals surface area contributed by atoms with Gasteiger partial charge < -0.3 is 9.14 Å². The number of aromatic nitrogens is 2. The summed E-state index contributed by atoms with van der Waals surface area (Å²) in [5.41, 5.74) is 0.522. The third-order valence-electron chi connectivity index (χ3n) is 2.95. The highest BCUT2D eigenvalue weighted by molar-refractivity contribution is 7.89. The van der Waals surface area contributed by atoms with Gasteiger partial charge in [0.25, 0.3) is 10.0 Å². The van der Waals surface area contributed by atoms with E-state index in [1.165, 1.54) is 0 Å². The van der Waals surface area contributed by atoms with Crippen LogP contribution in [-0.4, -0.2) is 31.5 Å². The molecule has 110 valence electrons. The third kappa shape index (κ3) is 2.51. The first-order chi connectivity index (χ1) is 9.40. The molecule has 0 amide bonds. The molecule has 0 aliphatic carbocycles. The fourth-order valence-corrected chi connectivity index (χ4v) is 3.21. The lowest BCUT2D eigenvalue weighted by molar-refractivity contribution is 0.414. The molecule has 0 spiro atoms. The number of nitrogens with zero attached hydrogens (tertiary/aromatic N) is 2. The van der Waals surface area contributed by atoms with Crippen LogP contribution < -0.4 is 9.46 Å². The zero-order chi connectivity index (χ0) is 14.9. The van der Waals surface area contributed by atoms with Gasteiger partial charge in [0.1, 0.15) is 11.6 Å². The number of fused-ring (bicyclic) bond motifs is 1. The van der Waals surface area contributed by atoms with Crippen LogP contribution in [-0.2, 0) is 10.0 Å². The van der Waals surface area contributed by atoms with Crippen LogP contribution in [0.2, 0.25) is 0 Å². The lowest BCUT2D eigenvalue weighted by Crippen LogP contribution is -2.23. The summed E-state index contributed by atoms with van der Waals surface area (Å²) in [5.74, 6) is 1.42. The maximum atomic E-state index is 12.3. The van der Waals surface area contributed by atoms with Crippen molar-refractivity contribution in [3.63, 3.8) is 0 Å². The van der Waals surface area contributed by atoms with Gasteiger partial charge >= 0.3 is 0 Å². The van der Waals surface area contributed by atoms with E-state index >= 15 is 0 Å². The van der Waals surface area contributed by atoms with Crippen LogP contribution >= 0.6 is 0 Å². The number of methoxy groups -OCH3 is 1. The molecule has 0 aromatic carbocycles. The Balaban J connectivity index is 2.76. The van der Waals surface area contributed by atoms with Crippen molar-refractivity contribution in [1.82, 2.24) is 14.1 Å². The molecular formula is C13H19N3O3S. The summed E-state index contributed by atoms with van der Waals surface area (Å²) in [6.45, 7) is 6.01. The SMILES string of the molecule is CCNS(=O)(=O)c1nc(C(C)C)n2ccc(OC)cc12. The van der Waals surface area contributed by atoms with Gasteiger partial charge in [0.05, 0.1) is 12.6 Å². The Morgan fingerprint density at radius 1 is 1.45 bits per heavy atom. The molecule has 0 aliphatic rings. The Kier molecular flexibility index (Phi) is 4.01. The Labute approximate surface area is 118 Å². The Hall–Kier alpha value is -1.60. The van der Waals surface area contributed by atoms with Gasteiger partial charge in [0.15, 0.2) is 5.03 Å². The molecule has 0 saturated carbocycles. The largest absolute Gasteiger partial charge is 0.497 e. The second-order valence-electron chi connectivity index (χ2n) is 4.75. The van der Waals surface area contributed by atoms with Gasteiger partial charge in [-0.05, 0) is 6.07 Å². The standard InChI is InChI=1S/C13H19N3O3S/c1-5-14-20(17,18)13-11-8-10(19-4)6-7-16(11)12(15-13)9(2)3/h6-9,14H,5H2,1-4H3. The van der Waals surface area contributed by atoms with Crippen molar-refractivity contribution in [3.05, 3.63) is 24.2 Å². The highest BCUT2D eigenvalue weighted by Crippen LogP contribution is 2.25. The summed E-state index contributed by atoms with van der Waals surface area (Å²) < 4.78 is 33.9. The van der Waals surface area contributed by atoms with Crippen molar-refractivity contribution >= 4 is 15.5 Å². The summed E-state index contributed by atoms with van der Waals surface area (Å²) in [6.07, 6.45) is 1.78. The van der Waals surface area contributed by atoms with Crippen molar-refractivity contribution in [2.24, 2.45) is 0 Å². The molecule has 0 saturated heterocycles. The molecule has 0 radical (unpaired) electrons. The number of nitrogens with one attached hydrogen (secondary N) is 1. The van der Waals surface area contributed by atoms with Crippen LogP contribution in [0, 0.1) is 0 Å². The topological polar surface area (TPSA) is 72.7 Å². The molecule has 0 fully saturated rings. The van der Waals surface area contributed by atoms with Crippen molar-refractivity contribution < 1.29 is 13.2 Å². The van der Waals surface area contributed by atoms with Gasteiger partial charge in [-0.25, -0.2) is 18.1 Å². The van der Waals surface area contributed by atoms with E-state index in [2.05, 4.69) is 9.71 Å². The molecule has 0 atom stereocenters. The molecule has 1 N–H and O–H groups in total. The Morgan fingerprint density at radius 3 is 2.70 bits per heavy atom. The lowest BCUT2D eigenvalue weighted by atomic mass is 10.2. The Morgan fingerprint density at radius 2 is 2.15 bits per heavy atom. The van der Waals surface area contributed by atoms with Gasteiger partial charge in [0, 0.05) is 24.7 Å².